The van der Waals surface area contributed by atoms with E-state index in [0.717, 1.165) is 10.8 Å². The van der Waals surface area contributed by atoms with Gasteiger partial charge in [0.1, 0.15) is 0 Å². The van der Waals surface area contributed by atoms with E-state index in [1.54, 1.807) is 30.6 Å². The number of benzene rings is 2. The smallest absolute Gasteiger partial charge is 0.257 e. The van der Waals surface area contributed by atoms with Crippen LogP contribution in [0, 0.1) is 0 Å². The first kappa shape index (κ1) is 13.4. The zero-order chi connectivity index (χ0) is 14.8. The fraction of sp³-hybridized carbons (Fsp3) is 0. The van der Waals surface area contributed by atoms with Crippen molar-refractivity contribution in [2.24, 2.45) is 0 Å². The van der Waals surface area contributed by atoms with Gasteiger partial charge >= 0.3 is 0 Å². The summed E-state index contributed by atoms with van der Waals surface area (Å²) in [5, 5.41) is 5.20. The van der Waals surface area contributed by atoms with Crippen LogP contribution in [0.4, 0.5) is 11.4 Å². The number of carbonyl (C=O) groups excluding carboxylic acids is 1. The standard InChI is InChI=1S/C16H12ClN3O/c17-11-4-5-14(18)13(8-11)16(21)20-15-3-1-2-10-9-19-7-6-12(10)15/h1-9H,18H2,(H,20,21). The number of anilines is 2. The summed E-state index contributed by atoms with van der Waals surface area (Å²) in [4.78, 5) is 16.4. The summed E-state index contributed by atoms with van der Waals surface area (Å²) in [5.41, 5.74) is 7.28. The summed E-state index contributed by atoms with van der Waals surface area (Å²) in [6.07, 6.45) is 3.43. The lowest BCUT2D eigenvalue weighted by Gasteiger charge is -2.10. The van der Waals surface area contributed by atoms with Crippen LogP contribution in [0.1, 0.15) is 10.4 Å². The third-order valence-electron chi connectivity index (χ3n) is 3.19. The van der Waals surface area contributed by atoms with Crippen molar-refractivity contribution in [3.05, 3.63) is 65.4 Å². The van der Waals surface area contributed by atoms with E-state index in [-0.39, 0.29) is 5.91 Å². The molecule has 0 aliphatic heterocycles. The first-order valence-electron chi connectivity index (χ1n) is 6.34. The second kappa shape index (κ2) is 5.42. The van der Waals surface area contributed by atoms with Gasteiger partial charge < -0.3 is 11.1 Å². The molecule has 0 atom stereocenters. The highest BCUT2D eigenvalue weighted by Gasteiger charge is 2.12. The molecule has 5 heteroatoms. The van der Waals surface area contributed by atoms with Gasteiger partial charge in [0.25, 0.3) is 5.91 Å². The number of fused-ring (bicyclic) bond motifs is 1. The van der Waals surface area contributed by atoms with Crippen molar-refractivity contribution in [1.82, 2.24) is 4.98 Å². The van der Waals surface area contributed by atoms with E-state index in [2.05, 4.69) is 10.3 Å². The molecule has 4 nitrogen and oxygen atoms in total. The molecule has 0 saturated heterocycles. The first-order chi connectivity index (χ1) is 10.1. The van der Waals surface area contributed by atoms with E-state index in [4.69, 9.17) is 17.3 Å². The molecule has 0 spiro atoms. The molecule has 2 aromatic carbocycles. The highest BCUT2D eigenvalue weighted by atomic mass is 35.5. The molecule has 0 saturated carbocycles. The second-order valence-electron chi connectivity index (χ2n) is 4.59. The maximum absolute atomic E-state index is 12.4. The molecule has 3 rings (SSSR count). The van der Waals surface area contributed by atoms with E-state index in [1.165, 1.54) is 0 Å². The maximum atomic E-state index is 12.4. The van der Waals surface area contributed by atoms with E-state index >= 15 is 0 Å². The molecule has 0 fully saturated rings. The Hall–Kier alpha value is -2.59. The molecule has 0 aliphatic rings. The minimum Gasteiger partial charge on any atom is -0.398 e. The fourth-order valence-corrected chi connectivity index (χ4v) is 2.32. The van der Waals surface area contributed by atoms with Crippen molar-refractivity contribution in [3.63, 3.8) is 0 Å². The Balaban J connectivity index is 1.99. The molecule has 0 radical (unpaired) electrons. The average Bonchev–Trinajstić information content (AvgIpc) is 2.50. The molecular formula is C16H12ClN3O. The second-order valence-corrected chi connectivity index (χ2v) is 5.02. The molecule has 3 aromatic rings. The Morgan fingerprint density at radius 2 is 2.05 bits per heavy atom. The quantitative estimate of drug-likeness (QED) is 0.708. The lowest BCUT2D eigenvalue weighted by atomic mass is 10.1. The summed E-state index contributed by atoms with van der Waals surface area (Å²) in [7, 11) is 0. The number of nitrogens with one attached hydrogen (secondary N) is 1. The molecule has 1 amide bonds. The summed E-state index contributed by atoms with van der Waals surface area (Å²) in [6, 6.07) is 12.3. The van der Waals surface area contributed by atoms with Gasteiger partial charge in [-0.15, -0.1) is 0 Å². The molecule has 1 aromatic heterocycles. The van der Waals surface area contributed by atoms with E-state index in [1.807, 2.05) is 24.3 Å². The Kier molecular flexibility index (Phi) is 3.46. The van der Waals surface area contributed by atoms with Gasteiger partial charge in [0.2, 0.25) is 0 Å². The Labute approximate surface area is 126 Å². The van der Waals surface area contributed by atoms with Crippen molar-refractivity contribution in [3.8, 4) is 0 Å². The number of nitrogens with two attached hydrogens (primary N) is 1. The minimum atomic E-state index is -0.292. The number of nitrogen functional groups attached to an aromatic ring is 1. The third kappa shape index (κ3) is 2.66. The first-order valence-corrected chi connectivity index (χ1v) is 6.72. The molecule has 1 heterocycles. The Morgan fingerprint density at radius 1 is 1.19 bits per heavy atom. The van der Waals surface area contributed by atoms with Crippen LogP contribution in [0.5, 0.6) is 0 Å². The van der Waals surface area contributed by atoms with Crippen LogP contribution in [-0.4, -0.2) is 10.9 Å². The highest BCUT2D eigenvalue weighted by Crippen LogP contribution is 2.24. The molecule has 21 heavy (non-hydrogen) atoms. The summed E-state index contributed by atoms with van der Waals surface area (Å²) in [5.74, 6) is -0.292. The number of aromatic nitrogens is 1. The predicted molar refractivity (Wildman–Crippen MR) is 85.6 cm³/mol. The van der Waals surface area contributed by atoms with Crippen LogP contribution in [0.3, 0.4) is 0 Å². The lowest BCUT2D eigenvalue weighted by Crippen LogP contribution is -2.14. The summed E-state index contributed by atoms with van der Waals surface area (Å²) in [6.45, 7) is 0. The van der Waals surface area contributed by atoms with Crippen LogP contribution >= 0.6 is 11.6 Å². The van der Waals surface area contributed by atoms with Crippen LogP contribution in [0.25, 0.3) is 10.8 Å². The van der Waals surface area contributed by atoms with Gasteiger partial charge in [0, 0.05) is 39.6 Å². The van der Waals surface area contributed by atoms with Crippen molar-refractivity contribution in [1.29, 1.82) is 0 Å². The number of rotatable bonds is 2. The van der Waals surface area contributed by atoms with Crippen molar-refractivity contribution < 1.29 is 4.79 Å². The number of pyridine rings is 1. The zero-order valence-corrected chi connectivity index (χ0v) is 11.8. The van der Waals surface area contributed by atoms with Crippen molar-refractivity contribution in [2.75, 3.05) is 11.1 Å². The minimum absolute atomic E-state index is 0.292. The number of halogens is 1. The van der Waals surface area contributed by atoms with Crippen LogP contribution in [-0.2, 0) is 0 Å². The molecule has 104 valence electrons. The van der Waals surface area contributed by atoms with Gasteiger partial charge in [-0.3, -0.25) is 9.78 Å². The SMILES string of the molecule is Nc1ccc(Cl)cc1C(=O)Nc1cccc2cnccc12. The lowest BCUT2D eigenvalue weighted by molar-refractivity contribution is 0.102. The highest BCUT2D eigenvalue weighted by molar-refractivity contribution is 6.31. The van der Waals surface area contributed by atoms with Crippen LogP contribution < -0.4 is 11.1 Å². The molecule has 3 N–H and O–H groups in total. The Bertz CT molecular complexity index is 827. The normalized spacial score (nSPS) is 10.5. The largest absolute Gasteiger partial charge is 0.398 e. The number of hydrogen-bond acceptors (Lipinski definition) is 3. The average molecular weight is 298 g/mol. The molecular weight excluding hydrogens is 286 g/mol. The topological polar surface area (TPSA) is 68.0 Å². The van der Waals surface area contributed by atoms with Gasteiger partial charge in [-0.2, -0.15) is 0 Å². The zero-order valence-electron chi connectivity index (χ0n) is 11.0. The van der Waals surface area contributed by atoms with Crippen LogP contribution in [0.15, 0.2) is 54.9 Å². The van der Waals surface area contributed by atoms with Crippen LogP contribution in [0.2, 0.25) is 5.02 Å². The number of hydrogen-bond donors (Lipinski definition) is 2. The predicted octanol–water partition coefficient (Wildman–Crippen LogP) is 3.72. The monoisotopic (exact) mass is 297 g/mol. The Morgan fingerprint density at radius 3 is 2.90 bits per heavy atom. The van der Waals surface area contributed by atoms with Gasteiger partial charge in [-0.1, -0.05) is 23.7 Å². The number of nitrogens with zero attached hydrogens (tertiary/aromatic N) is 1. The van der Waals surface area contributed by atoms with Gasteiger partial charge in [0.05, 0.1) is 5.56 Å². The van der Waals surface area contributed by atoms with Gasteiger partial charge in [-0.05, 0) is 30.3 Å². The molecule has 0 unspecified atom stereocenters. The van der Waals surface area contributed by atoms with Crippen molar-refractivity contribution in [2.45, 2.75) is 0 Å². The van der Waals surface area contributed by atoms with Gasteiger partial charge in [-0.25, -0.2) is 0 Å². The third-order valence-corrected chi connectivity index (χ3v) is 3.42. The summed E-state index contributed by atoms with van der Waals surface area (Å²) < 4.78 is 0. The molecule has 0 bridgehead atoms. The van der Waals surface area contributed by atoms with Gasteiger partial charge in [0.15, 0.2) is 0 Å². The van der Waals surface area contributed by atoms with E-state index in [9.17, 15) is 4.79 Å². The molecule has 0 aliphatic carbocycles. The van der Waals surface area contributed by atoms with E-state index < -0.39 is 0 Å². The summed E-state index contributed by atoms with van der Waals surface area (Å²) >= 11 is 5.92. The van der Waals surface area contributed by atoms with E-state index in [0.29, 0.717) is 22.0 Å². The fourth-order valence-electron chi connectivity index (χ4n) is 2.15. The van der Waals surface area contributed by atoms with Crippen molar-refractivity contribution >= 4 is 39.7 Å². The number of carbonyl (C=O) groups is 1. The number of amides is 1. The maximum Gasteiger partial charge on any atom is 0.257 e.